The molecule has 98 valence electrons. The highest BCUT2D eigenvalue weighted by Crippen LogP contribution is 2.29. The van der Waals surface area contributed by atoms with Gasteiger partial charge in [0.05, 0.1) is 17.8 Å². The van der Waals surface area contributed by atoms with E-state index in [0.29, 0.717) is 5.69 Å². The van der Waals surface area contributed by atoms with E-state index in [1.165, 1.54) is 37.5 Å². The molecule has 0 bridgehead atoms. The summed E-state index contributed by atoms with van der Waals surface area (Å²) in [5.41, 5.74) is 0.513. The topological polar surface area (TPSA) is 79.1 Å². The highest BCUT2D eigenvalue weighted by Gasteiger charge is 2.21. The number of aromatic hydroxyl groups is 1. The summed E-state index contributed by atoms with van der Waals surface area (Å²) in [4.78, 5) is 15.5. The number of halogens is 1. The van der Waals surface area contributed by atoms with Gasteiger partial charge in [0.25, 0.3) is 0 Å². The first-order valence-electron chi connectivity index (χ1n) is 5.30. The van der Waals surface area contributed by atoms with Crippen LogP contribution in [0, 0.1) is 0 Å². The molecule has 0 aromatic heterocycles. The van der Waals surface area contributed by atoms with Crippen molar-refractivity contribution in [3.63, 3.8) is 0 Å². The zero-order valence-electron chi connectivity index (χ0n) is 9.92. The Hall–Kier alpha value is -2.27. The van der Waals surface area contributed by atoms with Crippen LogP contribution in [0.1, 0.15) is 0 Å². The van der Waals surface area contributed by atoms with Gasteiger partial charge in [-0.25, -0.2) is 4.99 Å². The standard InChI is InChI=1S/C13H10ClNO4/c1-19-13-11(17)5-4-10(12(13)18)15-9-3-2-7(16)6-8(9)14/h2-6,16,18H,1H3. The fraction of sp³-hybridized carbons (Fsp3) is 0.0769. The molecule has 2 N–H and O–H groups in total. The van der Waals surface area contributed by atoms with E-state index in [4.69, 9.17) is 16.3 Å². The molecule has 0 saturated carbocycles. The van der Waals surface area contributed by atoms with Crippen LogP contribution in [0.3, 0.4) is 0 Å². The molecule has 19 heavy (non-hydrogen) atoms. The fourth-order valence-electron chi connectivity index (χ4n) is 1.55. The van der Waals surface area contributed by atoms with Gasteiger partial charge in [0.2, 0.25) is 11.5 Å². The van der Waals surface area contributed by atoms with Crippen molar-refractivity contribution in [3.8, 4) is 5.75 Å². The normalized spacial score (nSPS) is 17.2. The molecule has 1 aliphatic carbocycles. The molecular weight excluding hydrogens is 270 g/mol. The second-order valence-electron chi connectivity index (χ2n) is 3.71. The van der Waals surface area contributed by atoms with Gasteiger partial charge in [0.15, 0.2) is 5.76 Å². The van der Waals surface area contributed by atoms with E-state index >= 15 is 0 Å². The Morgan fingerprint density at radius 1 is 1.26 bits per heavy atom. The molecule has 0 amide bonds. The van der Waals surface area contributed by atoms with Crippen molar-refractivity contribution in [2.75, 3.05) is 7.11 Å². The third kappa shape index (κ3) is 2.61. The summed E-state index contributed by atoms with van der Waals surface area (Å²) in [5.74, 6) is -0.938. The van der Waals surface area contributed by atoms with Gasteiger partial charge < -0.3 is 14.9 Å². The molecule has 5 nitrogen and oxygen atoms in total. The molecule has 1 aromatic rings. The Bertz CT molecular complexity index is 632. The Labute approximate surface area is 114 Å². The van der Waals surface area contributed by atoms with E-state index in [-0.39, 0.29) is 28.0 Å². The van der Waals surface area contributed by atoms with E-state index in [1.54, 1.807) is 0 Å². The number of aliphatic hydroxyl groups excluding tert-OH is 1. The minimum absolute atomic E-state index is 0.0145. The molecule has 6 heteroatoms. The summed E-state index contributed by atoms with van der Waals surface area (Å²) >= 11 is 5.91. The lowest BCUT2D eigenvalue weighted by Crippen LogP contribution is -2.15. The highest BCUT2D eigenvalue weighted by molar-refractivity contribution is 6.33. The summed E-state index contributed by atoms with van der Waals surface area (Å²) in [6.07, 6.45) is 2.61. The number of methoxy groups -OCH3 is 1. The number of aliphatic hydroxyl groups is 1. The molecule has 0 fully saturated rings. The van der Waals surface area contributed by atoms with Crippen molar-refractivity contribution in [2.45, 2.75) is 0 Å². The number of nitrogens with zero attached hydrogens (tertiary/aromatic N) is 1. The van der Waals surface area contributed by atoms with E-state index in [2.05, 4.69) is 4.99 Å². The predicted octanol–water partition coefficient (Wildman–Crippen LogP) is 2.67. The van der Waals surface area contributed by atoms with Gasteiger partial charge in [-0.1, -0.05) is 11.6 Å². The molecule has 0 saturated heterocycles. The Kier molecular flexibility index (Phi) is 3.57. The SMILES string of the molecule is COC1=C(O)C(=Nc2ccc(O)cc2Cl)C=CC1=O. The van der Waals surface area contributed by atoms with Crippen LogP contribution in [0.5, 0.6) is 5.75 Å². The molecule has 0 atom stereocenters. The second-order valence-corrected chi connectivity index (χ2v) is 4.12. The van der Waals surface area contributed by atoms with Gasteiger partial charge in [0.1, 0.15) is 11.5 Å². The van der Waals surface area contributed by atoms with Crippen molar-refractivity contribution in [2.24, 2.45) is 4.99 Å². The highest BCUT2D eigenvalue weighted by atomic mass is 35.5. The lowest BCUT2D eigenvalue weighted by Gasteiger charge is -2.11. The zero-order chi connectivity index (χ0) is 14.0. The maximum Gasteiger partial charge on any atom is 0.224 e. The van der Waals surface area contributed by atoms with Crippen molar-refractivity contribution in [1.29, 1.82) is 0 Å². The van der Waals surface area contributed by atoms with Gasteiger partial charge in [-0.05, 0) is 24.3 Å². The molecule has 0 unspecified atom stereocenters. The number of hydrogen-bond donors (Lipinski definition) is 2. The van der Waals surface area contributed by atoms with Gasteiger partial charge >= 0.3 is 0 Å². The maximum atomic E-state index is 11.4. The quantitative estimate of drug-likeness (QED) is 0.816. The number of aliphatic imine (C=N–C) groups is 1. The fourth-order valence-corrected chi connectivity index (χ4v) is 1.76. The lowest BCUT2D eigenvalue weighted by atomic mass is 10.1. The number of phenols is 1. The zero-order valence-corrected chi connectivity index (χ0v) is 10.7. The summed E-state index contributed by atoms with van der Waals surface area (Å²) in [6, 6.07) is 4.24. The number of carbonyl (C=O) groups excluding carboxylic acids is 1. The van der Waals surface area contributed by atoms with Crippen LogP contribution < -0.4 is 0 Å². The number of ketones is 1. The number of rotatable bonds is 2. The number of ether oxygens (including phenoxy) is 1. The van der Waals surface area contributed by atoms with Gasteiger partial charge in [-0.15, -0.1) is 0 Å². The molecular formula is C13H10ClNO4. The lowest BCUT2D eigenvalue weighted by molar-refractivity contribution is -0.114. The first-order valence-corrected chi connectivity index (χ1v) is 5.68. The summed E-state index contributed by atoms with van der Waals surface area (Å²) < 4.78 is 4.81. The first kappa shape index (κ1) is 13.2. The van der Waals surface area contributed by atoms with Crippen molar-refractivity contribution in [1.82, 2.24) is 0 Å². The molecule has 2 rings (SSSR count). The van der Waals surface area contributed by atoms with Crippen molar-refractivity contribution >= 4 is 28.8 Å². The van der Waals surface area contributed by atoms with Gasteiger partial charge in [0, 0.05) is 6.07 Å². The van der Waals surface area contributed by atoms with Crippen LogP contribution in [0.4, 0.5) is 5.69 Å². The average Bonchev–Trinajstić information content (AvgIpc) is 2.36. The molecule has 0 heterocycles. The van der Waals surface area contributed by atoms with E-state index in [9.17, 15) is 15.0 Å². The Balaban J connectivity index is 2.47. The summed E-state index contributed by atoms with van der Waals surface area (Å²) in [5, 5.41) is 19.3. The van der Waals surface area contributed by atoms with Crippen LogP contribution >= 0.6 is 11.6 Å². The molecule has 1 aromatic carbocycles. The van der Waals surface area contributed by atoms with Gasteiger partial charge in [-0.2, -0.15) is 0 Å². The van der Waals surface area contributed by atoms with E-state index in [1.807, 2.05) is 0 Å². The number of phenolic OH excluding ortho intramolecular Hbond substituents is 1. The maximum absolute atomic E-state index is 11.4. The van der Waals surface area contributed by atoms with Gasteiger partial charge in [-0.3, -0.25) is 4.79 Å². The molecule has 0 spiro atoms. The molecule has 1 aliphatic rings. The smallest absolute Gasteiger partial charge is 0.224 e. The number of allylic oxidation sites excluding steroid dienone is 2. The number of hydrogen-bond acceptors (Lipinski definition) is 5. The second kappa shape index (κ2) is 5.16. The third-order valence-corrected chi connectivity index (χ3v) is 2.75. The predicted molar refractivity (Wildman–Crippen MR) is 71.0 cm³/mol. The number of carbonyl (C=O) groups is 1. The van der Waals surface area contributed by atoms with Crippen LogP contribution in [-0.2, 0) is 9.53 Å². The molecule has 0 aliphatic heterocycles. The monoisotopic (exact) mass is 279 g/mol. The van der Waals surface area contributed by atoms with Crippen LogP contribution in [-0.4, -0.2) is 28.8 Å². The third-order valence-electron chi connectivity index (χ3n) is 2.45. The van der Waals surface area contributed by atoms with Crippen LogP contribution in [0.25, 0.3) is 0 Å². The number of benzene rings is 1. The summed E-state index contributed by atoms with van der Waals surface area (Å²) in [7, 11) is 1.29. The summed E-state index contributed by atoms with van der Waals surface area (Å²) in [6.45, 7) is 0. The van der Waals surface area contributed by atoms with Crippen LogP contribution in [0.2, 0.25) is 5.02 Å². The minimum atomic E-state index is -0.434. The Morgan fingerprint density at radius 3 is 2.63 bits per heavy atom. The largest absolute Gasteiger partial charge is 0.508 e. The van der Waals surface area contributed by atoms with Crippen molar-refractivity contribution in [3.05, 3.63) is 46.9 Å². The average molecular weight is 280 g/mol. The minimum Gasteiger partial charge on any atom is -0.508 e. The van der Waals surface area contributed by atoms with Crippen molar-refractivity contribution < 1.29 is 19.7 Å². The van der Waals surface area contributed by atoms with E-state index in [0.717, 1.165) is 0 Å². The first-order chi connectivity index (χ1) is 9.02. The van der Waals surface area contributed by atoms with E-state index < -0.39 is 5.78 Å². The Morgan fingerprint density at radius 2 is 2.00 bits per heavy atom. The van der Waals surface area contributed by atoms with Crippen LogP contribution in [0.15, 0.2) is 46.9 Å². The molecule has 0 radical (unpaired) electrons.